The number of hydrogen-bond acceptors (Lipinski definition) is 0. The molecule has 2 atom stereocenters. The predicted octanol–water partition coefficient (Wildman–Crippen LogP) is 13.7. The molecule has 234 valence electrons. The molecule has 0 aliphatic carbocycles. The van der Waals surface area contributed by atoms with E-state index in [1.165, 1.54) is 167 Å². The summed E-state index contributed by atoms with van der Waals surface area (Å²) in [5.74, 6) is 0.829. The third-order valence-electron chi connectivity index (χ3n) is 8.54. The summed E-state index contributed by atoms with van der Waals surface area (Å²) in [6, 6.07) is 0. The first-order chi connectivity index (χ1) is 18.0. The van der Waals surface area contributed by atoms with Gasteiger partial charge in [-0.3, -0.25) is 0 Å². The van der Waals surface area contributed by atoms with Crippen molar-refractivity contribution in [2.45, 2.75) is 200 Å². The van der Waals surface area contributed by atoms with Gasteiger partial charge in [-0.2, -0.15) is 0 Å². The normalized spacial score (nSPS) is 13.3. The topological polar surface area (TPSA) is 0 Å². The fraction of sp³-hybridized carbons (Fsp3) is 1.00. The molecule has 0 aliphatic rings. The van der Waals surface area contributed by atoms with Crippen LogP contribution in [0.15, 0.2) is 0 Å². The van der Waals surface area contributed by atoms with Gasteiger partial charge in [0.1, 0.15) is 0 Å². The first kappa shape index (κ1) is 41.0. The Bertz CT molecular complexity index is 432. The molecule has 0 bridgehead atoms. The first-order valence-electron chi connectivity index (χ1n) is 17.8. The Morgan fingerprint density at radius 3 is 1.00 bits per heavy atom. The van der Waals surface area contributed by atoms with Crippen LogP contribution in [0.2, 0.25) is 0 Å². The third kappa shape index (κ3) is 36.9. The van der Waals surface area contributed by atoms with E-state index >= 15 is 0 Å². The van der Waals surface area contributed by atoms with Gasteiger partial charge in [0, 0.05) is 0 Å². The van der Waals surface area contributed by atoms with Gasteiger partial charge in [0.2, 0.25) is 0 Å². The molecule has 0 fully saturated rings. The molecule has 0 N–H and O–H groups in total. The molecular weight excluding hydrogens is 494 g/mol. The molecule has 0 aromatic heterocycles. The zero-order valence-corrected chi connectivity index (χ0v) is 30.7. The zero-order valence-electron chi connectivity index (χ0n) is 28.5. The van der Waals surface area contributed by atoms with Gasteiger partial charge in [-0.25, -0.2) is 0 Å². The summed E-state index contributed by atoms with van der Waals surface area (Å²) in [6.45, 7) is 19.1. The van der Waals surface area contributed by atoms with Crippen LogP contribution in [0.5, 0.6) is 0 Å². The molecule has 0 spiro atoms. The van der Waals surface area contributed by atoms with Crippen molar-refractivity contribution in [2.75, 3.05) is 26.2 Å². The third-order valence-corrected chi connectivity index (χ3v) is 11.0. The van der Waals surface area contributed by atoms with Crippen molar-refractivity contribution in [3.05, 3.63) is 0 Å². The number of hydrogen-bond donors (Lipinski definition) is 0. The maximum atomic E-state index is 3.00. The van der Waals surface area contributed by atoms with Crippen molar-refractivity contribution in [3.8, 4) is 0 Å². The van der Waals surface area contributed by atoms with Gasteiger partial charge in [0.25, 0.3) is 0 Å². The molecule has 0 aromatic carbocycles. The van der Waals surface area contributed by atoms with Crippen LogP contribution in [0.3, 0.4) is 0 Å². The van der Waals surface area contributed by atoms with Gasteiger partial charge in [-0.1, -0.05) is 118 Å². The van der Waals surface area contributed by atoms with E-state index in [9.17, 15) is 0 Å². The molecule has 0 radical (unpaired) electrons. The number of unbranched alkanes of at least 4 members (excludes halogenated alkanes) is 22. The molecule has 0 saturated heterocycles. The fourth-order valence-corrected chi connectivity index (χ4v) is 6.64. The molecule has 0 rings (SSSR count). The summed E-state index contributed by atoms with van der Waals surface area (Å²) in [5, 5.41) is 0.413. The molecular formula is C36H80P2. The second-order valence-electron chi connectivity index (χ2n) is 14.6. The minimum atomic E-state index is -0.748. The average Bonchev–Trinajstić information content (AvgIpc) is 2.84. The van der Waals surface area contributed by atoms with Crippen molar-refractivity contribution >= 4 is 16.5 Å². The molecule has 0 amide bonds. The Kier molecular flexibility index (Phi) is 31.7. The number of rotatable bonds is 27. The van der Waals surface area contributed by atoms with E-state index in [0.29, 0.717) is 5.16 Å². The van der Waals surface area contributed by atoms with Gasteiger partial charge in [-0.15, -0.1) is 9.24 Å². The van der Waals surface area contributed by atoms with Crippen LogP contribution >= 0.6 is 16.5 Å². The fourth-order valence-electron chi connectivity index (χ4n) is 5.16. The Morgan fingerprint density at radius 2 is 0.737 bits per heavy atom. The van der Waals surface area contributed by atoms with Crippen LogP contribution in [-0.2, 0) is 0 Å². The van der Waals surface area contributed by atoms with Crippen molar-refractivity contribution in [2.24, 2.45) is 5.92 Å². The van der Waals surface area contributed by atoms with E-state index in [1.54, 1.807) is 0 Å². The molecule has 0 nitrogen and oxygen atoms in total. The maximum absolute atomic E-state index is 3.00. The Balaban J connectivity index is 0. The van der Waals surface area contributed by atoms with E-state index in [1.807, 2.05) is 0 Å². The van der Waals surface area contributed by atoms with Crippen LogP contribution in [0.25, 0.3) is 0 Å². The van der Waals surface area contributed by atoms with E-state index < -0.39 is 7.26 Å². The average molecular weight is 575 g/mol. The summed E-state index contributed by atoms with van der Waals surface area (Å²) in [5.41, 5.74) is 0. The van der Waals surface area contributed by atoms with Gasteiger partial charge in [0.15, 0.2) is 0 Å². The van der Waals surface area contributed by atoms with Gasteiger partial charge >= 0.3 is 105 Å². The van der Waals surface area contributed by atoms with Crippen LogP contribution < -0.4 is 0 Å². The molecule has 2 heteroatoms. The van der Waals surface area contributed by atoms with Crippen molar-refractivity contribution in [3.63, 3.8) is 0 Å². The monoisotopic (exact) mass is 575 g/mol. The van der Waals surface area contributed by atoms with Crippen molar-refractivity contribution in [1.29, 1.82) is 0 Å². The molecule has 0 aromatic rings. The minimum absolute atomic E-state index is 0.413. The van der Waals surface area contributed by atoms with Crippen LogP contribution in [-0.4, -0.2) is 31.3 Å². The molecule has 0 heterocycles. The SMILES string of the molecule is CCCCCCCCCCCCCCCCC(C)C(C)(C)P.CCCCCCCCCCCC[PH](C)(C)C. The second-order valence-corrected chi connectivity index (χ2v) is 21.7. The predicted molar refractivity (Wildman–Crippen MR) is 191 cm³/mol. The van der Waals surface area contributed by atoms with E-state index in [2.05, 4.69) is 63.9 Å². The first-order valence-corrected chi connectivity index (χ1v) is 22.1. The van der Waals surface area contributed by atoms with Crippen LogP contribution in [0.1, 0.15) is 195 Å². The summed E-state index contributed by atoms with van der Waals surface area (Å²) in [6.07, 6.45) is 38.0. The Hall–Kier alpha value is 0.860. The van der Waals surface area contributed by atoms with Gasteiger partial charge in [-0.05, 0) is 17.5 Å². The standard InChI is InChI=1S/C21H45P.C15H35P/c1-5-6-7-8-9-10-11-12-13-14-15-16-17-18-19-20(2)21(3,4)22;1-5-6-7-8-9-10-11-12-13-14-15-16(2,3)4/h20H,5-19,22H2,1-4H3;16H,5-15H2,1-4H3. The molecule has 38 heavy (non-hydrogen) atoms. The van der Waals surface area contributed by atoms with E-state index in [-0.39, 0.29) is 0 Å². The zero-order chi connectivity index (χ0) is 29.0. The van der Waals surface area contributed by atoms with Gasteiger partial charge in [0.05, 0.1) is 0 Å². The Labute approximate surface area is 248 Å². The quantitative estimate of drug-likeness (QED) is 0.0676. The second kappa shape index (κ2) is 29.4. The van der Waals surface area contributed by atoms with Crippen LogP contribution in [0, 0.1) is 5.92 Å². The molecule has 0 saturated carbocycles. The summed E-state index contributed by atoms with van der Waals surface area (Å²) >= 11 is 0. The van der Waals surface area contributed by atoms with Crippen molar-refractivity contribution < 1.29 is 0 Å². The summed E-state index contributed by atoms with van der Waals surface area (Å²) in [7, 11) is 2.26. The van der Waals surface area contributed by atoms with E-state index in [0.717, 1.165) is 5.92 Å². The van der Waals surface area contributed by atoms with Crippen LogP contribution in [0.4, 0.5) is 0 Å². The summed E-state index contributed by atoms with van der Waals surface area (Å²) in [4.78, 5) is 0. The van der Waals surface area contributed by atoms with Crippen molar-refractivity contribution in [1.82, 2.24) is 0 Å². The van der Waals surface area contributed by atoms with E-state index in [4.69, 9.17) is 0 Å². The Morgan fingerprint density at radius 1 is 0.474 bits per heavy atom. The molecule has 0 aliphatic heterocycles. The molecule has 2 unspecified atom stereocenters. The summed E-state index contributed by atoms with van der Waals surface area (Å²) < 4.78 is 0. The van der Waals surface area contributed by atoms with Gasteiger partial charge < -0.3 is 0 Å².